The van der Waals surface area contributed by atoms with Crippen LogP contribution in [0, 0.1) is 0 Å². The van der Waals surface area contributed by atoms with Gasteiger partial charge in [-0.15, -0.1) is 0 Å². The van der Waals surface area contributed by atoms with Gasteiger partial charge in [0.25, 0.3) is 5.91 Å². The Morgan fingerprint density at radius 2 is 2.07 bits per heavy atom. The van der Waals surface area contributed by atoms with Crippen LogP contribution in [0.1, 0.15) is 35.2 Å². The molecule has 162 valence electrons. The highest BCUT2D eigenvalue weighted by molar-refractivity contribution is 6.06. The molecule has 0 saturated carbocycles. The molecule has 0 aliphatic carbocycles. The van der Waals surface area contributed by atoms with Gasteiger partial charge in [0.15, 0.2) is 0 Å². The number of piperidine rings is 1. The molecule has 10 heteroatoms. The maximum absolute atomic E-state index is 12.8. The fourth-order valence-electron chi connectivity index (χ4n) is 3.57. The number of rotatable bonds is 10. The van der Waals surface area contributed by atoms with Crippen LogP contribution in [-0.4, -0.2) is 67.4 Å². The predicted molar refractivity (Wildman–Crippen MR) is 108 cm³/mol. The standard InChI is InChI=1S/C20H27N5O5/c21-7-10-30-11-9-22-8-6-18(27)23-15-3-1-2-13-14(15)12-25(20(13)29)16-4-5-17(26)24-19(16)28/h1-3,16,22H,4-12,21H2,(H,23,27)(H,24,26,28). The average Bonchev–Trinajstić information content (AvgIpc) is 3.05. The molecule has 4 amide bonds. The molecule has 1 aromatic carbocycles. The van der Waals surface area contributed by atoms with Crippen molar-refractivity contribution in [3.63, 3.8) is 0 Å². The van der Waals surface area contributed by atoms with Crippen molar-refractivity contribution in [1.29, 1.82) is 0 Å². The molecule has 1 unspecified atom stereocenters. The number of hydrogen-bond acceptors (Lipinski definition) is 7. The molecule has 0 aromatic heterocycles. The van der Waals surface area contributed by atoms with Crippen molar-refractivity contribution in [3.8, 4) is 0 Å². The van der Waals surface area contributed by atoms with Crippen LogP contribution in [0.5, 0.6) is 0 Å². The lowest BCUT2D eigenvalue weighted by Crippen LogP contribution is -2.52. The number of hydrogen-bond donors (Lipinski definition) is 4. The van der Waals surface area contributed by atoms with Crippen molar-refractivity contribution in [2.75, 3.05) is 38.2 Å². The lowest BCUT2D eigenvalue weighted by Gasteiger charge is -2.29. The summed E-state index contributed by atoms with van der Waals surface area (Å²) in [5, 5.41) is 8.25. The second-order valence-electron chi connectivity index (χ2n) is 7.18. The van der Waals surface area contributed by atoms with Crippen molar-refractivity contribution in [2.24, 2.45) is 5.73 Å². The first-order chi connectivity index (χ1) is 14.5. The second-order valence-corrected chi connectivity index (χ2v) is 7.18. The molecule has 2 heterocycles. The number of ether oxygens (including phenoxy) is 1. The van der Waals surface area contributed by atoms with Gasteiger partial charge in [-0.3, -0.25) is 24.5 Å². The first kappa shape index (κ1) is 21.9. The number of nitrogens with one attached hydrogen (secondary N) is 3. The van der Waals surface area contributed by atoms with E-state index in [1.54, 1.807) is 18.2 Å². The smallest absolute Gasteiger partial charge is 0.255 e. The summed E-state index contributed by atoms with van der Waals surface area (Å²) in [6, 6.07) is 4.44. The highest BCUT2D eigenvalue weighted by Gasteiger charge is 2.39. The molecule has 1 aromatic rings. The predicted octanol–water partition coefficient (Wildman–Crippen LogP) is -0.659. The minimum atomic E-state index is -0.683. The number of carbonyl (C=O) groups is 4. The van der Waals surface area contributed by atoms with Crippen LogP contribution < -0.4 is 21.7 Å². The van der Waals surface area contributed by atoms with Crippen molar-refractivity contribution in [2.45, 2.75) is 31.8 Å². The van der Waals surface area contributed by atoms with Crippen molar-refractivity contribution < 1.29 is 23.9 Å². The Hall–Kier alpha value is -2.82. The number of fused-ring (bicyclic) bond motifs is 1. The van der Waals surface area contributed by atoms with Crippen LogP contribution in [0.4, 0.5) is 5.69 Å². The van der Waals surface area contributed by atoms with Crippen LogP contribution in [0.3, 0.4) is 0 Å². The third-order valence-electron chi connectivity index (χ3n) is 5.07. The lowest BCUT2D eigenvalue weighted by molar-refractivity contribution is -0.137. The maximum atomic E-state index is 12.8. The number of anilines is 1. The van der Waals surface area contributed by atoms with Gasteiger partial charge in [-0.1, -0.05) is 6.07 Å². The number of nitrogens with two attached hydrogens (primary N) is 1. The van der Waals surface area contributed by atoms with Gasteiger partial charge in [0.2, 0.25) is 17.7 Å². The van der Waals surface area contributed by atoms with E-state index >= 15 is 0 Å². The summed E-state index contributed by atoms with van der Waals surface area (Å²) in [5.74, 6) is -1.23. The van der Waals surface area contributed by atoms with E-state index in [0.717, 1.165) is 0 Å². The molecule has 0 radical (unpaired) electrons. The van der Waals surface area contributed by atoms with E-state index in [4.69, 9.17) is 10.5 Å². The summed E-state index contributed by atoms with van der Waals surface area (Å²) in [5.41, 5.74) is 7.05. The number of imide groups is 1. The number of nitrogens with zero attached hydrogens (tertiary/aromatic N) is 1. The highest BCUT2D eigenvalue weighted by Crippen LogP contribution is 2.32. The van der Waals surface area contributed by atoms with Crippen molar-refractivity contribution >= 4 is 29.3 Å². The lowest BCUT2D eigenvalue weighted by atomic mass is 10.0. The average molecular weight is 417 g/mol. The van der Waals surface area contributed by atoms with Crippen molar-refractivity contribution in [1.82, 2.24) is 15.5 Å². The third-order valence-corrected chi connectivity index (χ3v) is 5.07. The monoisotopic (exact) mass is 417 g/mol. The molecule has 1 fully saturated rings. The fourth-order valence-corrected chi connectivity index (χ4v) is 3.57. The normalized spacial score (nSPS) is 18.4. The summed E-state index contributed by atoms with van der Waals surface area (Å²) >= 11 is 0. The Morgan fingerprint density at radius 3 is 2.83 bits per heavy atom. The zero-order chi connectivity index (χ0) is 21.5. The van der Waals surface area contributed by atoms with E-state index in [1.807, 2.05) is 0 Å². The molecule has 1 saturated heterocycles. The first-order valence-electron chi connectivity index (χ1n) is 10.1. The van der Waals surface area contributed by atoms with E-state index < -0.39 is 11.9 Å². The number of benzene rings is 1. The van der Waals surface area contributed by atoms with E-state index in [9.17, 15) is 19.2 Å². The van der Waals surface area contributed by atoms with E-state index in [1.165, 1.54) is 4.90 Å². The summed E-state index contributed by atoms with van der Waals surface area (Å²) in [7, 11) is 0. The molecule has 0 spiro atoms. The third kappa shape index (κ3) is 5.21. The van der Waals surface area contributed by atoms with Gasteiger partial charge in [-0.2, -0.15) is 0 Å². The second kappa shape index (κ2) is 10.3. The fraction of sp³-hybridized carbons (Fsp3) is 0.500. The van der Waals surface area contributed by atoms with Gasteiger partial charge in [0, 0.05) is 55.8 Å². The molecular weight excluding hydrogens is 390 g/mol. The molecular formula is C20H27N5O5. The van der Waals surface area contributed by atoms with Gasteiger partial charge >= 0.3 is 0 Å². The largest absolute Gasteiger partial charge is 0.379 e. The SMILES string of the molecule is NCCOCCNCCC(=O)Nc1cccc2c1CN(C1CCC(=O)NC1=O)C2=O. The molecule has 5 N–H and O–H groups in total. The molecule has 3 rings (SSSR count). The van der Waals surface area contributed by atoms with Crippen LogP contribution in [0.2, 0.25) is 0 Å². The van der Waals surface area contributed by atoms with Crippen LogP contribution in [0.15, 0.2) is 18.2 Å². The quantitative estimate of drug-likeness (QED) is 0.292. The Balaban J connectivity index is 1.55. The summed E-state index contributed by atoms with van der Waals surface area (Å²) in [4.78, 5) is 50.1. The highest BCUT2D eigenvalue weighted by atomic mass is 16.5. The van der Waals surface area contributed by atoms with Gasteiger partial charge < -0.3 is 26.0 Å². The Labute approximate surface area is 174 Å². The van der Waals surface area contributed by atoms with Crippen LogP contribution >= 0.6 is 0 Å². The van der Waals surface area contributed by atoms with Gasteiger partial charge in [0.05, 0.1) is 13.2 Å². The van der Waals surface area contributed by atoms with E-state index in [2.05, 4.69) is 16.0 Å². The molecule has 1 atom stereocenters. The number of carbonyl (C=O) groups excluding carboxylic acids is 4. The van der Waals surface area contributed by atoms with E-state index in [0.29, 0.717) is 56.1 Å². The van der Waals surface area contributed by atoms with Gasteiger partial charge in [-0.25, -0.2) is 0 Å². The summed E-state index contributed by atoms with van der Waals surface area (Å²) < 4.78 is 5.25. The van der Waals surface area contributed by atoms with Crippen LogP contribution in [-0.2, 0) is 25.7 Å². The molecule has 2 aliphatic rings. The van der Waals surface area contributed by atoms with Gasteiger partial charge in [0.1, 0.15) is 6.04 Å². The summed E-state index contributed by atoms with van der Waals surface area (Å²) in [6.45, 7) is 2.86. The Kier molecular flexibility index (Phi) is 7.50. The zero-order valence-electron chi connectivity index (χ0n) is 16.7. The molecule has 2 aliphatic heterocycles. The molecule has 0 bridgehead atoms. The zero-order valence-corrected chi connectivity index (χ0v) is 16.7. The maximum Gasteiger partial charge on any atom is 0.255 e. The van der Waals surface area contributed by atoms with Gasteiger partial charge in [-0.05, 0) is 18.6 Å². The van der Waals surface area contributed by atoms with Crippen molar-refractivity contribution in [3.05, 3.63) is 29.3 Å². The molecule has 30 heavy (non-hydrogen) atoms. The topological polar surface area (TPSA) is 143 Å². The Morgan fingerprint density at radius 1 is 1.23 bits per heavy atom. The minimum absolute atomic E-state index is 0.175. The van der Waals surface area contributed by atoms with E-state index in [-0.39, 0.29) is 37.1 Å². The minimum Gasteiger partial charge on any atom is -0.379 e. The Bertz CT molecular complexity index is 828. The number of amides is 4. The van der Waals surface area contributed by atoms with Crippen LogP contribution in [0.25, 0.3) is 0 Å². The first-order valence-corrected chi connectivity index (χ1v) is 10.1. The molecule has 10 nitrogen and oxygen atoms in total. The summed E-state index contributed by atoms with van der Waals surface area (Å²) in [6.07, 6.45) is 0.766.